The predicted molar refractivity (Wildman–Crippen MR) is 76.7 cm³/mol. The van der Waals surface area contributed by atoms with Crippen molar-refractivity contribution in [3.05, 3.63) is 35.5 Å². The number of benzene rings is 1. The molecule has 2 heteroatoms. The van der Waals surface area contributed by atoms with E-state index in [-0.39, 0.29) is 0 Å². The van der Waals surface area contributed by atoms with Crippen LogP contribution in [-0.4, -0.2) is 11.1 Å². The van der Waals surface area contributed by atoms with Crippen LogP contribution in [0, 0.1) is 18.3 Å². The standard InChI is InChI=1S/C16H22N2/c1-10-14(15-12(9-17)16(15,2)3)11-7-5-6-8-13(11)18(10)4/h5-8,12,15H,9,17H2,1-4H3/t12-,15+/m0/s1. The van der Waals surface area contributed by atoms with E-state index in [4.69, 9.17) is 5.73 Å². The molecule has 2 nitrogen and oxygen atoms in total. The van der Waals surface area contributed by atoms with Crippen LogP contribution < -0.4 is 5.73 Å². The van der Waals surface area contributed by atoms with Crippen molar-refractivity contribution in [2.75, 3.05) is 6.54 Å². The maximum absolute atomic E-state index is 5.93. The number of rotatable bonds is 2. The van der Waals surface area contributed by atoms with Gasteiger partial charge < -0.3 is 10.3 Å². The molecule has 1 heterocycles. The molecule has 2 N–H and O–H groups in total. The summed E-state index contributed by atoms with van der Waals surface area (Å²) in [6.45, 7) is 7.71. The average Bonchev–Trinajstić information content (AvgIpc) is 2.80. The third-order valence-electron chi connectivity index (χ3n) is 5.06. The smallest absolute Gasteiger partial charge is 0.0482 e. The largest absolute Gasteiger partial charge is 0.348 e. The van der Waals surface area contributed by atoms with Crippen LogP contribution in [0.4, 0.5) is 0 Å². The molecule has 1 aromatic heterocycles. The van der Waals surface area contributed by atoms with E-state index < -0.39 is 0 Å². The molecule has 1 saturated carbocycles. The van der Waals surface area contributed by atoms with Gasteiger partial charge in [0.1, 0.15) is 0 Å². The van der Waals surface area contributed by atoms with Gasteiger partial charge >= 0.3 is 0 Å². The molecule has 0 spiro atoms. The summed E-state index contributed by atoms with van der Waals surface area (Å²) < 4.78 is 2.31. The fourth-order valence-corrected chi connectivity index (χ4v) is 3.70. The minimum atomic E-state index is 0.351. The van der Waals surface area contributed by atoms with Gasteiger partial charge in [-0.3, -0.25) is 0 Å². The summed E-state index contributed by atoms with van der Waals surface area (Å²) in [5.41, 5.74) is 10.5. The van der Waals surface area contributed by atoms with Crippen molar-refractivity contribution in [3.8, 4) is 0 Å². The first kappa shape index (κ1) is 11.8. The van der Waals surface area contributed by atoms with E-state index in [2.05, 4.69) is 56.7 Å². The molecule has 0 unspecified atom stereocenters. The van der Waals surface area contributed by atoms with E-state index in [9.17, 15) is 0 Å². The minimum Gasteiger partial charge on any atom is -0.348 e. The number of nitrogens with two attached hydrogens (primary N) is 1. The number of hydrogen-bond acceptors (Lipinski definition) is 1. The van der Waals surface area contributed by atoms with Crippen LogP contribution in [0.3, 0.4) is 0 Å². The Morgan fingerprint density at radius 3 is 2.56 bits per heavy atom. The molecule has 18 heavy (non-hydrogen) atoms. The van der Waals surface area contributed by atoms with Crippen molar-refractivity contribution in [2.24, 2.45) is 24.1 Å². The third kappa shape index (κ3) is 1.33. The fraction of sp³-hybridized carbons (Fsp3) is 0.500. The molecule has 0 saturated heterocycles. The van der Waals surface area contributed by atoms with Crippen molar-refractivity contribution in [3.63, 3.8) is 0 Å². The van der Waals surface area contributed by atoms with Crippen molar-refractivity contribution in [1.82, 2.24) is 4.57 Å². The summed E-state index contributed by atoms with van der Waals surface area (Å²) in [6, 6.07) is 8.71. The summed E-state index contributed by atoms with van der Waals surface area (Å²) in [5, 5.41) is 1.41. The second kappa shape index (κ2) is 3.61. The highest BCUT2D eigenvalue weighted by Crippen LogP contribution is 2.65. The molecule has 1 fully saturated rings. The first-order valence-electron chi connectivity index (χ1n) is 6.74. The molecule has 2 aromatic rings. The molecule has 0 aliphatic heterocycles. The van der Waals surface area contributed by atoms with Crippen molar-refractivity contribution in [2.45, 2.75) is 26.7 Å². The van der Waals surface area contributed by atoms with E-state index in [1.54, 1.807) is 0 Å². The van der Waals surface area contributed by atoms with E-state index in [1.165, 1.54) is 22.2 Å². The molecule has 0 amide bonds. The molecule has 0 bridgehead atoms. The molecule has 2 atom stereocenters. The van der Waals surface area contributed by atoms with Crippen molar-refractivity contribution >= 4 is 10.9 Å². The molecule has 1 aromatic carbocycles. The highest BCUT2D eigenvalue weighted by Gasteiger charge is 2.58. The number of fused-ring (bicyclic) bond motifs is 1. The zero-order chi connectivity index (χ0) is 13.1. The SMILES string of the molecule is Cc1c([C@H]2[C@H](CN)C2(C)C)c2ccccc2n1C. The third-order valence-corrected chi connectivity index (χ3v) is 5.06. The van der Waals surface area contributed by atoms with Crippen molar-refractivity contribution in [1.29, 1.82) is 0 Å². The predicted octanol–water partition coefficient (Wildman–Crippen LogP) is 3.19. The average molecular weight is 242 g/mol. The lowest BCUT2D eigenvalue weighted by atomic mass is 10.0. The van der Waals surface area contributed by atoms with Gasteiger partial charge in [-0.05, 0) is 42.3 Å². The topological polar surface area (TPSA) is 30.9 Å². The monoisotopic (exact) mass is 242 g/mol. The van der Waals surface area contributed by atoms with E-state index in [0.29, 0.717) is 17.3 Å². The summed E-state index contributed by atoms with van der Waals surface area (Å²) in [7, 11) is 2.16. The molecule has 1 aliphatic carbocycles. The highest BCUT2D eigenvalue weighted by atomic mass is 15.0. The zero-order valence-electron chi connectivity index (χ0n) is 11.7. The van der Waals surface area contributed by atoms with Crippen LogP contribution >= 0.6 is 0 Å². The fourth-order valence-electron chi connectivity index (χ4n) is 3.70. The molecule has 96 valence electrons. The van der Waals surface area contributed by atoms with Gasteiger partial charge in [0.25, 0.3) is 0 Å². The number of nitrogens with zero attached hydrogens (tertiary/aromatic N) is 1. The molecule has 1 aliphatic rings. The maximum atomic E-state index is 5.93. The zero-order valence-corrected chi connectivity index (χ0v) is 11.7. The summed E-state index contributed by atoms with van der Waals surface area (Å²) >= 11 is 0. The first-order chi connectivity index (χ1) is 8.50. The molecular formula is C16H22N2. The second-order valence-electron chi connectivity index (χ2n) is 6.22. The van der Waals surface area contributed by atoms with E-state index >= 15 is 0 Å². The molecular weight excluding hydrogens is 220 g/mol. The van der Waals surface area contributed by atoms with Crippen LogP contribution in [0.2, 0.25) is 0 Å². The number of para-hydroxylation sites is 1. The molecule has 0 radical (unpaired) electrons. The lowest BCUT2D eigenvalue weighted by Crippen LogP contribution is -2.05. The number of aryl methyl sites for hydroxylation is 1. The number of aromatic nitrogens is 1. The van der Waals surface area contributed by atoms with Crippen molar-refractivity contribution < 1.29 is 0 Å². The molecule has 3 rings (SSSR count). The summed E-state index contributed by atoms with van der Waals surface area (Å²) in [6.07, 6.45) is 0. The maximum Gasteiger partial charge on any atom is 0.0482 e. The second-order valence-corrected chi connectivity index (χ2v) is 6.22. The van der Waals surface area contributed by atoms with Gasteiger partial charge in [0, 0.05) is 23.6 Å². The Balaban J connectivity index is 2.22. The highest BCUT2D eigenvalue weighted by molar-refractivity contribution is 5.86. The normalized spacial score (nSPS) is 25.6. The Kier molecular flexibility index (Phi) is 2.36. The van der Waals surface area contributed by atoms with Gasteiger partial charge in [0.15, 0.2) is 0 Å². The Labute approximate surface area is 109 Å². The Morgan fingerprint density at radius 1 is 1.28 bits per heavy atom. The quantitative estimate of drug-likeness (QED) is 0.861. The van der Waals surface area contributed by atoms with Crippen LogP contribution in [0.25, 0.3) is 10.9 Å². The van der Waals surface area contributed by atoms with Gasteiger partial charge in [-0.2, -0.15) is 0 Å². The Bertz CT molecular complexity index is 607. The van der Waals surface area contributed by atoms with Crippen LogP contribution in [0.5, 0.6) is 0 Å². The van der Waals surface area contributed by atoms with Crippen LogP contribution in [0.1, 0.15) is 31.0 Å². The van der Waals surface area contributed by atoms with Gasteiger partial charge in [-0.1, -0.05) is 32.0 Å². The Hall–Kier alpha value is -1.28. The lowest BCUT2D eigenvalue weighted by Gasteiger charge is -2.04. The Morgan fingerprint density at radius 2 is 1.94 bits per heavy atom. The van der Waals surface area contributed by atoms with Gasteiger partial charge in [-0.25, -0.2) is 0 Å². The first-order valence-corrected chi connectivity index (χ1v) is 6.74. The van der Waals surface area contributed by atoms with Gasteiger partial charge in [0.05, 0.1) is 0 Å². The van der Waals surface area contributed by atoms with Gasteiger partial charge in [0.2, 0.25) is 0 Å². The summed E-state index contributed by atoms with van der Waals surface area (Å²) in [4.78, 5) is 0. The van der Waals surface area contributed by atoms with E-state index in [1.807, 2.05) is 0 Å². The minimum absolute atomic E-state index is 0.351. The van der Waals surface area contributed by atoms with Gasteiger partial charge in [-0.15, -0.1) is 0 Å². The van der Waals surface area contributed by atoms with Crippen LogP contribution in [-0.2, 0) is 7.05 Å². The van der Waals surface area contributed by atoms with Crippen LogP contribution in [0.15, 0.2) is 24.3 Å². The lowest BCUT2D eigenvalue weighted by molar-refractivity contribution is 0.558. The summed E-state index contributed by atoms with van der Waals surface area (Å²) in [5.74, 6) is 1.25. The number of hydrogen-bond donors (Lipinski definition) is 1. The van der Waals surface area contributed by atoms with E-state index in [0.717, 1.165) is 6.54 Å².